The fourth-order valence-electron chi connectivity index (χ4n) is 1.62. The van der Waals surface area contributed by atoms with Gasteiger partial charge in [0.05, 0.1) is 5.02 Å². The highest BCUT2D eigenvalue weighted by molar-refractivity contribution is 9.10. The van der Waals surface area contributed by atoms with E-state index in [1.807, 2.05) is 0 Å². The van der Waals surface area contributed by atoms with Gasteiger partial charge in [0, 0.05) is 4.47 Å². The van der Waals surface area contributed by atoms with Crippen LogP contribution >= 0.6 is 27.5 Å². The van der Waals surface area contributed by atoms with Crippen LogP contribution in [0.2, 0.25) is 5.02 Å². The normalized spacial score (nSPS) is 10.8. The standard InChI is InChI=1S/C13H18BrClFN/c1-2-6-17-7-4-3-5-10-8-12(15)11(14)9-13(10)16/h8-9,17H,2-7H2,1H3. The molecule has 1 aromatic rings. The molecular formula is C13H18BrClFN. The van der Waals surface area contributed by atoms with E-state index in [9.17, 15) is 4.39 Å². The Bertz CT molecular complexity index is 358. The van der Waals surface area contributed by atoms with E-state index in [0.29, 0.717) is 15.1 Å². The fourth-order valence-corrected chi connectivity index (χ4v) is 2.12. The summed E-state index contributed by atoms with van der Waals surface area (Å²) < 4.78 is 14.2. The molecule has 17 heavy (non-hydrogen) atoms. The lowest BCUT2D eigenvalue weighted by Crippen LogP contribution is -2.15. The molecule has 1 rings (SSSR count). The van der Waals surface area contributed by atoms with Crippen molar-refractivity contribution in [1.82, 2.24) is 5.32 Å². The molecule has 96 valence electrons. The highest BCUT2D eigenvalue weighted by Crippen LogP contribution is 2.26. The van der Waals surface area contributed by atoms with Crippen molar-refractivity contribution in [1.29, 1.82) is 0 Å². The first-order valence-electron chi connectivity index (χ1n) is 5.99. The Hall–Kier alpha value is -0.120. The SMILES string of the molecule is CCCNCCCCc1cc(Cl)c(Br)cc1F. The number of nitrogens with one attached hydrogen (secondary N) is 1. The van der Waals surface area contributed by atoms with Crippen LogP contribution in [0.5, 0.6) is 0 Å². The molecule has 0 aromatic heterocycles. The molecule has 0 aliphatic carbocycles. The second kappa shape index (κ2) is 8.06. The highest BCUT2D eigenvalue weighted by Gasteiger charge is 2.06. The Balaban J connectivity index is 2.34. The van der Waals surface area contributed by atoms with Gasteiger partial charge < -0.3 is 5.32 Å². The van der Waals surface area contributed by atoms with Crippen LogP contribution in [0.15, 0.2) is 16.6 Å². The van der Waals surface area contributed by atoms with Crippen LogP contribution in [0, 0.1) is 5.82 Å². The van der Waals surface area contributed by atoms with E-state index >= 15 is 0 Å². The third kappa shape index (κ3) is 5.36. The van der Waals surface area contributed by atoms with Crippen LogP contribution in [0.3, 0.4) is 0 Å². The van der Waals surface area contributed by atoms with Crippen molar-refractivity contribution in [3.63, 3.8) is 0 Å². The van der Waals surface area contributed by atoms with E-state index < -0.39 is 0 Å². The zero-order valence-electron chi connectivity index (χ0n) is 10.0. The average Bonchev–Trinajstić information content (AvgIpc) is 2.30. The molecule has 1 aromatic carbocycles. The van der Waals surface area contributed by atoms with Gasteiger partial charge in [-0.25, -0.2) is 4.39 Å². The molecule has 0 fully saturated rings. The number of benzene rings is 1. The zero-order chi connectivity index (χ0) is 12.7. The van der Waals surface area contributed by atoms with Gasteiger partial charge in [-0.15, -0.1) is 0 Å². The number of hydrogen-bond donors (Lipinski definition) is 1. The fraction of sp³-hybridized carbons (Fsp3) is 0.538. The molecule has 0 aliphatic heterocycles. The molecule has 0 unspecified atom stereocenters. The third-order valence-electron chi connectivity index (χ3n) is 2.57. The van der Waals surface area contributed by atoms with Crippen molar-refractivity contribution in [3.05, 3.63) is 33.0 Å². The minimum absolute atomic E-state index is 0.178. The van der Waals surface area contributed by atoms with Crippen molar-refractivity contribution in [2.24, 2.45) is 0 Å². The number of hydrogen-bond acceptors (Lipinski definition) is 1. The molecule has 1 nitrogen and oxygen atoms in total. The monoisotopic (exact) mass is 321 g/mol. The van der Waals surface area contributed by atoms with Gasteiger partial charge >= 0.3 is 0 Å². The van der Waals surface area contributed by atoms with Crippen molar-refractivity contribution in [3.8, 4) is 0 Å². The van der Waals surface area contributed by atoms with E-state index in [1.165, 1.54) is 6.07 Å². The first-order chi connectivity index (χ1) is 8.15. The molecule has 0 aliphatic rings. The summed E-state index contributed by atoms with van der Waals surface area (Å²) in [5.41, 5.74) is 0.702. The van der Waals surface area contributed by atoms with Crippen molar-refractivity contribution in [2.45, 2.75) is 32.6 Å². The number of unbranched alkanes of at least 4 members (excludes halogenated alkanes) is 1. The largest absolute Gasteiger partial charge is 0.317 e. The predicted molar refractivity (Wildman–Crippen MR) is 75.2 cm³/mol. The number of rotatable bonds is 7. The first-order valence-corrected chi connectivity index (χ1v) is 7.16. The Morgan fingerprint density at radius 3 is 2.76 bits per heavy atom. The van der Waals surface area contributed by atoms with Crippen LogP contribution in [-0.2, 0) is 6.42 Å². The smallest absolute Gasteiger partial charge is 0.127 e. The third-order valence-corrected chi connectivity index (χ3v) is 3.76. The molecule has 0 heterocycles. The van der Waals surface area contributed by atoms with Gasteiger partial charge in [-0.2, -0.15) is 0 Å². The van der Waals surface area contributed by atoms with Crippen molar-refractivity contribution in [2.75, 3.05) is 13.1 Å². The Labute approximate surface area is 116 Å². The predicted octanol–water partition coefficient (Wildman–Crippen LogP) is 4.56. The Kier molecular flexibility index (Phi) is 7.09. The molecule has 0 radical (unpaired) electrons. The summed E-state index contributed by atoms with van der Waals surface area (Å²) in [5, 5.41) is 3.90. The van der Waals surface area contributed by atoms with E-state index in [-0.39, 0.29) is 5.82 Å². The summed E-state index contributed by atoms with van der Waals surface area (Å²) in [6, 6.07) is 3.15. The van der Waals surface area contributed by atoms with Gasteiger partial charge in [-0.1, -0.05) is 18.5 Å². The molecule has 0 saturated heterocycles. The highest BCUT2D eigenvalue weighted by atomic mass is 79.9. The Morgan fingerprint density at radius 1 is 1.29 bits per heavy atom. The number of aryl methyl sites for hydroxylation is 1. The summed E-state index contributed by atoms with van der Waals surface area (Å²) in [6.07, 6.45) is 3.93. The summed E-state index contributed by atoms with van der Waals surface area (Å²) in [6.45, 7) is 4.20. The van der Waals surface area contributed by atoms with Crippen molar-refractivity contribution >= 4 is 27.5 Å². The van der Waals surface area contributed by atoms with Gasteiger partial charge in [-0.05, 0) is 72.4 Å². The second-order valence-corrected chi connectivity index (χ2v) is 5.33. The van der Waals surface area contributed by atoms with Gasteiger partial charge in [0.25, 0.3) is 0 Å². The first kappa shape index (κ1) is 14.9. The molecule has 0 bridgehead atoms. The Morgan fingerprint density at radius 2 is 2.06 bits per heavy atom. The summed E-state index contributed by atoms with van der Waals surface area (Å²) >= 11 is 9.15. The van der Waals surface area contributed by atoms with E-state index in [0.717, 1.165) is 38.8 Å². The van der Waals surface area contributed by atoms with Crippen LogP contribution < -0.4 is 5.32 Å². The maximum absolute atomic E-state index is 13.6. The van der Waals surface area contributed by atoms with Gasteiger partial charge in [-0.3, -0.25) is 0 Å². The molecule has 1 N–H and O–H groups in total. The molecule has 0 atom stereocenters. The second-order valence-electron chi connectivity index (χ2n) is 4.06. The lowest BCUT2D eigenvalue weighted by molar-refractivity contribution is 0.585. The summed E-state index contributed by atoms with van der Waals surface area (Å²) in [4.78, 5) is 0. The van der Waals surface area contributed by atoms with E-state index in [1.54, 1.807) is 6.07 Å². The zero-order valence-corrected chi connectivity index (χ0v) is 12.4. The molecule has 0 saturated carbocycles. The maximum atomic E-state index is 13.6. The topological polar surface area (TPSA) is 12.0 Å². The van der Waals surface area contributed by atoms with Crippen molar-refractivity contribution < 1.29 is 4.39 Å². The summed E-state index contributed by atoms with van der Waals surface area (Å²) in [7, 11) is 0. The molecule has 0 spiro atoms. The van der Waals surface area contributed by atoms with Gasteiger partial charge in [0.15, 0.2) is 0 Å². The van der Waals surface area contributed by atoms with E-state index in [2.05, 4.69) is 28.2 Å². The lowest BCUT2D eigenvalue weighted by Gasteiger charge is -2.06. The van der Waals surface area contributed by atoms with Gasteiger partial charge in [0.1, 0.15) is 5.82 Å². The minimum atomic E-state index is -0.178. The quantitative estimate of drug-likeness (QED) is 0.573. The molecule has 0 amide bonds. The summed E-state index contributed by atoms with van der Waals surface area (Å²) in [5.74, 6) is -0.178. The number of halogens is 3. The van der Waals surface area contributed by atoms with Crippen LogP contribution in [0.25, 0.3) is 0 Å². The van der Waals surface area contributed by atoms with Crippen LogP contribution in [-0.4, -0.2) is 13.1 Å². The molecule has 4 heteroatoms. The van der Waals surface area contributed by atoms with Crippen LogP contribution in [0.1, 0.15) is 31.7 Å². The molecular weight excluding hydrogens is 305 g/mol. The van der Waals surface area contributed by atoms with Crippen LogP contribution in [0.4, 0.5) is 4.39 Å². The maximum Gasteiger partial charge on any atom is 0.127 e. The minimum Gasteiger partial charge on any atom is -0.317 e. The average molecular weight is 323 g/mol. The van der Waals surface area contributed by atoms with Gasteiger partial charge in [0.2, 0.25) is 0 Å². The lowest BCUT2D eigenvalue weighted by atomic mass is 10.1. The van der Waals surface area contributed by atoms with E-state index in [4.69, 9.17) is 11.6 Å².